The van der Waals surface area contributed by atoms with E-state index >= 15 is 0 Å². The van der Waals surface area contributed by atoms with Gasteiger partial charge in [-0.15, -0.1) is 24.8 Å². The fraction of sp³-hybridized carbons (Fsp3) is 0.484. The number of fused-ring (bicyclic) bond motifs is 1. The van der Waals surface area contributed by atoms with E-state index in [2.05, 4.69) is 30.0 Å². The number of benzene rings is 1. The van der Waals surface area contributed by atoms with Crippen LogP contribution in [0.1, 0.15) is 24.8 Å². The minimum atomic E-state index is -0.481. The molecule has 15 heteroatoms. The van der Waals surface area contributed by atoms with Gasteiger partial charge in [-0.2, -0.15) is 0 Å². The van der Waals surface area contributed by atoms with Crippen molar-refractivity contribution < 1.29 is 19.7 Å². The number of nitrogens with zero attached hydrogens (tertiary/aromatic N) is 6. The second kappa shape index (κ2) is 16.6. The first kappa shape index (κ1) is 36.4. The van der Waals surface area contributed by atoms with Crippen LogP contribution in [-0.2, 0) is 11.3 Å². The van der Waals surface area contributed by atoms with E-state index in [1.54, 1.807) is 18.5 Å². The van der Waals surface area contributed by atoms with E-state index in [4.69, 9.17) is 38.0 Å². The smallest absolute Gasteiger partial charge is 0.245 e. The number of pyridine rings is 1. The van der Waals surface area contributed by atoms with Gasteiger partial charge in [0.25, 0.3) is 0 Å². The number of nitrogens with one attached hydrogen (secondary N) is 1. The maximum absolute atomic E-state index is 11.4. The number of carbonyl (C=O) groups excluding carboxylic acids is 1. The van der Waals surface area contributed by atoms with Crippen LogP contribution >= 0.6 is 48.0 Å². The van der Waals surface area contributed by atoms with Gasteiger partial charge in [-0.25, -0.2) is 15.0 Å². The number of aliphatic hydroxyl groups is 2. The Morgan fingerprint density at radius 2 is 1.70 bits per heavy atom. The van der Waals surface area contributed by atoms with Crippen LogP contribution in [0.4, 0.5) is 5.95 Å². The van der Waals surface area contributed by atoms with Crippen molar-refractivity contribution in [3.05, 3.63) is 58.3 Å². The van der Waals surface area contributed by atoms with Gasteiger partial charge in [0.05, 0.1) is 24.2 Å². The third-order valence-corrected chi connectivity index (χ3v) is 9.02. The van der Waals surface area contributed by atoms with Crippen LogP contribution in [0.5, 0.6) is 11.6 Å². The van der Waals surface area contributed by atoms with Gasteiger partial charge >= 0.3 is 0 Å². The van der Waals surface area contributed by atoms with Gasteiger partial charge in [0.15, 0.2) is 5.75 Å². The summed E-state index contributed by atoms with van der Waals surface area (Å²) in [6.07, 6.45) is 5.77. The molecule has 3 aliphatic heterocycles. The molecule has 46 heavy (non-hydrogen) atoms. The number of halogens is 4. The van der Waals surface area contributed by atoms with Crippen LogP contribution in [0.25, 0.3) is 11.3 Å². The predicted octanol–water partition coefficient (Wildman–Crippen LogP) is 4.06. The SMILES string of the molecule is Cl.Cl.O=C(CO)NCC1CCN(Cc2cc(Oc3cnc(N4CCN5C[C@@H](O)C[C@@H]5C4)nc3)nc(-c3cc(Cl)cc(Cl)c3)c2)CC1. The first-order valence-electron chi connectivity index (χ1n) is 15.1. The molecule has 0 unspecified atom stereocenters. The van der Waals surface area contributed by atoms with Gasteiger partial charge < -0.3 is 25.2 Å². The highest BCUT2D eigenvalue weighted by atomic mass is 35.5. The van der Waals surface area contributed by atoms with E-state index < -0.39 is 6.61 Å². The number of likely N-dealkylation sites (tertiary alicyclic amines) is 1. The summed E-state index contributed by atoms with van der Waals surface area (Å²) in [5.74, 6) is 1.60. The van der Waals surface area contributed by atoms with Crippen molar-refractivity contribution in [1.82, 2.24) is 30.1 Å². The molecule has 5 heterocycles. The van der Waals surface area contributed by atoms with Crippen molar-refractivity contribution in [1.29, 1.82) is 0 Å². The van der Waals surface area contributed by atoms with Crippen LogP contribution in [0.15, 0.2) is 42.7 Å². The molecular formula is C31H39Cl4N7O4. The first-order chi connectivity index (χ1) is 21.3. The number of carbonyl (C=O) groups is 1. The van der Waals surface area contributed by atoms with Crippen LogP contribution in [-0.4, -0.2) is 105 Å². The quantitative estimate of drug-likeness (QED) is 0.299. The maximum atomic E-state index is 11.4. The Labute approximate surface area is 291 Å². The second-order valence-electron chi connectivity index (χ2n) is 11.8. The van der Waals surface area contributed by atoms with Gasteiger partial charge in [0.1, 0.15) is 6.61 Å². The summed E-state index contributed by atoms with van der Waals surface area (Å²) >= 11 is 12.6. The molecule has 1 aromatic carbocycles. The summed E-state index contributed by atoms with van der Waals surface area (Å²) in [4.78, 5) is 32.2. The predicted molar refractivity (Wildman–Crippen MR) is 183 cm³/mol. The summed E-state index contributed by atoms with van der Waals surface area (Å²) < 4.78 is 6.20. The highest BCUT2D eigenvalue weighted by Gasteiger charge is 2.36. The van der Waals surface area contributed by atoms with Crippen molar-refractivity contribution in [3.8, 4) is 22.9 Å². The maximum Gasteiger partial charge on any atom is 0.245 e. The lowest BCUT2D eigenvalue weighted by atomic mass is 9.96. The lowest BCUT2D eigenvalue weighted by molar-refractivity contribution is -0.124. The van der Waals surface area contributed by atoms with E-state index in [9.17, 15) is 9.90 Å². The monoisotopic (exact) mass is 713 g/mol. The Balaban J connectivity index is 0.00000240. The normalized spacial score (nSPS) is 20.4. The van der Waals surface area contributed by atoms with E-state index in [1.807, 2.05) is 24.3 Å². The van der Waals surface area contributed by atoms with Crippen molar-refractivity contribution in [2.24, 2.45) is 5.92 Å². The van der Waals surface area contributed by atoms with Gasteiger partial charge in [-0.3, -0.25) is 14.6 Å². The highest BCUT2D eigenvalue weighted by molar-refractivity contribution is 6.35. The molecule has 250 valence electrons. The third-order valence-electron chi connectivity index (χ3n) is 8.58. The lowest BCUT2D eigenvalue weighted by Gasteiger charge is -2.37. The molecule has 0 spiro atoms. The average molecular weight is 716 g/mol. The second-order valence-corrected chi connectivity index (χ2v) is 12.7. The molecular weight excluding hydrogens is 676 g/mol. The molecule has 3 saturated heterocycles. The van der Waals surface area contributed by atoms with Crippen LogP contribution in [0, 0.1) is 5.92 Å². The zero-order valence-corrected chi connectivity index (χ0v) is 28.4. The average Bonchev–Trinajstić information content (AvgIpc) is 3.39. The Hall–Kier alpha value is -2.48. The van der Waals surface area contributed by atoms with Gasteiger partial charge in [-0.1, -0.05) is 23.2 Å². The van der Waals surface area contributed by atoms with Crippen LogP contribution in [0.2, 0.25) is 10.0 Å². The summed E-state index contributed by atoms with van der Waals surface area (Å²) in [6, 6.07) is 9.63. The van der Waals surface area contributed by atoms with Gasteiger partial charge in [-0.05, 0) is 68.1 Å². The van der Waals surface area contributed by atoms with E-state index in [0.717, 1.165) is 69.7 Å². The number of amides is 1. The number of piperidine rings is 1. The molecule has 3 N–H and O–H groups in total. The lowest BCUT2D eigenvalue weighted by Crippen LogP contribution is -2.50. The zero-order chi connectivity index (χ0) is 30.6. The molecule has 2 atom stereocenters. The Bertz CT molecular complexity index is 1440. The number of hydrogen-bond acceptors (Lipinski definition) is 10. The molecule has 0 bridgehead atoms. The van der Waals surface area contributed by atoms with E-state index in [1.165, 1.54) is 0 Å². The number of hydrogen-bond donors (Lipinski definition) is 3. The fourth-order valence-corrected chi connectivity index (χ4v) is 6.84. The van der Waals surface area contributed by atoms with Crippen molar-refractivity contribution in [2.75, 3.05) is 57.3 Å². The van der Waals surface area contributed by atoms with Crippen molar-refractivity contribution >= 4 is 59.9 Å². The van der Waals surface area contributed by atoms with Crippen molar-refractivity contribution in [3.63, 3.8) is 0 Å². The summed E-state index contributed by atoms with van der Waals surface area (Å²) in [6.45, 7) is 5.81. The van der Waals surface area contributed by atoms with E-state index in [-0.39, 0.29) is 36.8 Å². The third kappa shape index (κ3) is 9.32. The number of rotatable bonds is 9. The minimum absolute atomic E-state index is 0. The molecule has 11 nitrogen and oxygen atoms in total. The number of aromatic nitrogens is 3. The molecule has 0 aliphatic carbocycles. The molecule has 3 fully saturated rings. The Morgan fingerprint density at radius 1 is 0.978 bits per heavy atom. The number of aliphatic hydroxyl groups excluding tert-OH is 2. The molecule has 3 aliphatic rings. The molecule has 0 radical (unpaired) electrons. The minimum Gasteiger partial charge on any atom is -0.436 e. The molecule has 2 aromatic heterocycles. The molecule has 3 aromatic rings. The standard InChI is InChI=1S/C31H37Cl2N7O4.2ClH/c32-23-9-22(10-24(33)11-23)28-7-21(16-38-3-1-20(2-4-38)13-34-29(43)19-41)8-30(37-28)44-27-14-35-31(36-15-27)40-6-5-39-18-26(42)12-25(39)17-40;;/h7-11,14-15,20,25-26,41-42H,1-6,12-13,16-19H2,(H,34,43);2*1H/t25-,26+;;/m1../s1. The molecule has 6 rings (SSSR count). The van der Waals surface area contributed by atoms with E-state index in [0.29, 0.717) is 58.4 Å². The fourth-order valence-electron chi connectivity index (χ4n) is 6.32. The summed E-state index contributed by atoms with van der Waals surface area (Å²) in [5, 5.41) is 22.8. The molecule has 1 amide bonds. The first-order valence-corrected chi connectivity index (χ1v) is 15.8. The van der Waals surface area contributed by atoms with Crippen LogP contribution in [0.3, 0.4) is 0 Å². The Kier molecular flexibility index (Phi) is 13.1. The number of anilines is 1. The van der Waals surface area contributed by atoms with Gasteiger partial charge in [0, 0.05) is 67.0 Å². The number of piperazine rings is 1. The topological polar surface area (TPSA) is 127 Å². The van der Waals surface area contributed by atoms with Gasteiger partial charge in [0.2, 0.25) is 17.7 Å². The number of ether oxygens (including phenoxy) is 1. The van der Waals surface area contributed by atoms with Crippen molar-refractivity contribution in [2.45, 2.75) is 38.0 Å². The molecule has 0 saturated carbocycles. The largest absolute Gasteiger partial charge is 0.436 e. The summed E-state index contributed by atoms with van der Waals surface area (Å²) in [7, 11) is 0. The summed E-state index contributed by atoms with van der Waals surface area (Å²) in [5.41, 5.74) is 2.51. The van der Waals surface area contributed by atoms with Crippen LogP contribution < -0.4 is 15.0 Å². The Morgan fingerprint density at radius 3 is 2.39 bits per heavy atom. The highest BCUT2D eigenvalue weighted by Crippen LogP contribution is 2.31. The zero-order valence-electron chi connectivity index (χ0n) is 25.2.